The third-order valence-electron chi connectivity index (χ3n) is 2.90. The zero-order chi connectivity index (χ0) is 15.4. The summed E-state index contributed by atoms with van der Waals surface area (Å²) >= 11 is 3.29. The van der Waals surface area contributed by atoms with Crippen LogP contribution in [0.2, 0.25) is 0 Å². The number of nitrogen functional groups attached to an aromatic ring is 1. The van der Waals surface area contributed by atoms with Crippen molar-refractivity contribution in [1.82, 2.24) is 0 Å². The Bertz CT molecular complexity index is 674. The summed E-state index contributed by atoms with van der Waals surface area (Å²) < 4.78 is 11.1. The fourth-order valence-electron chi connectivity index (χ4n) is 1.80. The van der Waals surface area contributed by atoms with E-state index in [9.17, 15) is 4.79 Å². The molecule has 1 amide bonds. The van der Waals surface area contributed by atoms with Crippen molar-refractivity contribution < 1.29 is 14.3 Å². The average Bonchev–Trinajstić information content (AvgIpc) is 2.49. The number of anilines is 2. The number of halogens is 1. The van der Waals surface area contributed by atoms with Crippen molar-refractivity contribution in [3.8, 4) is 11.5 Å². The fourth-order valence-corrected chi connectivity index (χ4v) is 2.05. The van der Waals surface area contributed by atoms with Gasteiger partial charge in [-0.15, -0.1) is 0 Å². The highest BCUT2D eigenvalue weighted by atomic mass is 79.9. The second kappa shape index (κ2) is 6.49. The molecule has 0 radical (unpaired) electrons. The summed E-state index contributed by atoms with van der Waals surface area (Å²) in [7, 11) is 3.10. The third-order valence-corrected chi connectivity index (χ3v) is 3.62. The first-order valence-electron chi connectivity index (χ1n) is 6.13. The minimum absolute atomic E-state index is 0.249. The van der Waals surface area contributed by atoms with Crippen LogP contribution in [0.25, 0.3) is 0 Å². The Morgan fingerprint density at radius 3 is 2.43 bits per heavy atom. The zero-order valence-electron chi connectivity index (χ0n) is 11.6. The third kappa shape index (κ3) is 3.46. The predicted molar refractivity (Wildman–Crippen MR) is 86.1 cm³/mol. The van der Waals surface area contributed by atoms with Crippen LogP contribution in [0.4, 0.5) is 11.4 Å². The number of benzene rings is 2. The molecule has 0 heterocycles. The molecule has 0 unspecified atom stereocenters. The van der Waals surface area contributed by atoms with E-state index in [1.54, 1.807) is 50.6 Å². The molecule has 5 nitrogen and oxygen atoms in total. The van der Waals surface area contributed by atoms with Gasteiger partial charge in [-0.1, -0.05) is 0 Å². The molecule has 0 aromatic heterocycles. The monoisotopic (exact) mass is 350 g/mol. The molecule has 0 aliphatic rings. The Balaban J connectivity index is 2.21. The van der Waals surface area contributed by atoms with Gasteiger partial charge in [0.05, 0.1) is 14.2 Å². The molecule has 2 rings (SSSR count). The molecule has 110 valence electrons. The molecular formula is C15H15BrN2O3. The van der Waals surface area contributed by atoms with E-state index >= 15 is 0 Å². The standard InChI is InChI=1S/C15H15BrN2O3/c1-20-13-6-4-10(8-14(13)21-2)18-15(19)9-3-5-11(16)12(17)7-9/h3-8H,17H2,1-2H3,(H,18,19). The number of ether oxygens (including phenoxy) is 2. The highest BCUT2D eigenvalue weighted by Crippen LogP contribution is 2.30. The second-order valence-electron chi connectivity index (χ2n) is 4.26. The van der Waals surface area contributed by atoms with E-state index in [-0.39, 0.29) is 5.91 Å². The van der Waals surface area contributed by atoms with Crippen molar-refractivity contribution in [2.45, 2.75) is 0 Å². The number of hydrogen-bond acceptors (Lipinski definition) is 4. The first-order valence-corrected chi connectivity index (χ1v) is 6.93. The molecule has 0 fully saturated rings. The molecule has 3 N–H and O–H groups in total. The Morgan fingerprint density at radius 1 is 1.10 bits per heavy atom. The van der Waals surface area contributed by atoms with Crippen molar-refractivity contribution in [1.29, 1.82) is 0 Å². The van der Waals surface area contributed by atoms with Crippen LogP contribution < -0.4 is 20.5 Å². The molecule has 0 saturated carbocycles. The van der Waals surface area contributed by atoms with E-state index in [2.05, 4.69) is 21.2 Å². The smallest absolute Gasteiger partial charge is 0.255 e. The van der Waals surface area contributed by atoms with Gasteiger partial charge in [0.1, 0.15) is 0 Å². The number of methoxy groups -OCH3 is 2. The van der Waals surface area contributed by atoms with Crippen LogP contribution >= 0.6 is 15.9 Å². The Kier molecular flexibility index (Phi) is 4.70. The molecule has 2 aromatic carbocycles. The van der Waals surface area contributed by atoms with E-state index in [0.29, 0.717) is 28.4 Å². The molecular weight excluding hydrogens is 336 g/mol. The summed E-state index contributed by atoms with van der Waals surface area (Å²) in [5, 5.41) is 2.79. The second-order valence-corrected chi connectivity index (χ2v) is 5.11. The van der Waals surface area contributed by atoms with Crippen molar-refractivity contribution in [3.63, 3.8) is 0 Å². The lowest BCUT2D eigenvalue weighted by Gasteiger charge is -2.11. The van der Waals surface area contributed by atoms with Crippen molar-refractivity contribution >= 4 is 33.2 Å². The first kappa shape index (κ1) is 15.2. The number of nitrogens with two attached hydrogens (primary N) is 1. The topological polar surface area (TPSA) is 73.6 Å². The Labute approximate surface area is 131 Å². The maximum Gasteiger partial charge on any atom is 0.255 e. The minimum Gasteiger partial charge on any atom is -0.493 e. The summed E-state index contributed by atoms with van der Waals surface area (Å²) in [6.45, 7) is 0. The summed E-state index contributed by atoms with van der Waals surface area (Å²) in [5.41, 5.74) is 7.37. The normalized spacial score (nSPS) is 10.0. The van der Waals surface area contributed by atoms with Gasteiger partial charge < -0.3 is 20.5 Å². The fraction of sp³-hybridized carbons (Fsp3) is 0.133. The summed E-state index contributed by atoms with van der Waals surface area (Å²) in [6.07, 6.45) is 0. The van der Waals surface area contributed by atoms with Crippen LogP contribution in [0.5, 0.6) is 11.5 Å². The first-order chi connectivity index (χ1) is 10.0. The van der Waals surface area contributed by atoms with Gasteiger partial charge in [0.25, 0.3) is 5.91 Å². The number of hydrogen-bond donors (Lipinski definition) is 2. The van der Waals surface area contributed by atoms with Crippen LogP contribution in [0.1, 0.15) is 10.4 Å². The lowest BCUT2D eigenvalue weighted by atomic mass is 10.2. The molecule has 2 aromatic rings. The van der Waals surface area contributed by atoms with Gasteiger partial charge in [-0.25, -0.2) is 0 Å². The Morgan fingerprint density at radius 2 is 1.81 bits per heavy atom. The molecule has 0 atom stereocenters. The molecule has 6 heteroatoms. The van der Waals surface area contributed by atoms with Crippen LogP contribution in [-0.2, 0) is 0 Å². The van der Waals surface area contributed by atoms with Gasteiger partial charge in [0, 0.05) is 27.5 Å². The number of amides is 1. The summed E-state index contributed by atoms with van der Waals surface area (Å²) in [6, 6.07) is 10.2. The van der Waals surface area contributed by atoms with Crippen molar-refractivity contribution in [3.05, 3.63) is 46.4 Å². The highest BCUT2D eigenvalue weighted by molar-refractivity contribution is 9.10. The number of rotatable bonds is 4. The minimum atomic E-state index is -0.249. The van der Waals surface area contributed by atoms with E-state index in [1.807, 2.05) is 0 Å². The van der Waals surface area contributed by atoms with Gasteiger partial charge in [-0.2, -0.15) is 0 Å². The molecule has 21 heavy (non-hydrogen) atoms. The Hall–Kier alpha value is -2.21. The molecule has 0 saturated heterocycles. The number of carbonyl (C=O) groups is 1. The molecule has 0 aliphatic carbocycles. The van der Waals surface area contributed by atoms with Crippen LogP contribution in [-0.4, -0.2) is 20.1 Å². The van der Waals surface area contributed by atoms with E-state index in [0.717, 1.165) is 4.47 Å². The average molecular weight is 351 g/mol. The number of nitrogens with one attached hydrogen (secondary N) is 1. The summed E-state index contributed by atoms with van der Waals surface area (Å²) in [4.78, 5) is 12.2. The van der Waals surface area contributed by atoms with Crippen molar-refractivity contribution in [2.75, 3.05) is 25.3 Å². The van der Waals surface area contributed by atoms with Crippen LogP contribution in [0, 0.1) is 0 Å². The zero-order valence-corrected chi connectivity index (χ0v) is 13.2. The predicted octanol–water partition coefficient (Wildman–Crippen LogP) is 3.30. The van der Waals surface area contributed by atoms with Gasteiger partial charge >= 0.3 is 0 Å². The highest BCUT2D eigenvalue weighted by Gasteiger charge is 2.10. The van der Waals surface area contributed by atoms with Gasteiger partial charge in [0.2, 0.25) is 0 Å². The van der Waals surface area contributed by atoms with Gasteiger partial charge in [0.15, 0.2) is 11.5 Å². The largest absolute Gasteiger partial charge is 0.493 e. The lowest BCUT2D eigenvalue weighted by Crippen LogP contribution is -2.12. The lowest BCUT2D eigenvalue weighted by molar-refractivity contribution is 0.102. The molecule has 0 aliphatic heterocycles. The molecule has 0 spiro atoms. The molecule has 0 bridgehead atoms. The SMILES string of the molecule is COc1ccc(NC(=O)c2ccc(Br)c(N)c2)cc1OC. The van der Waals surface area contributed by atoms with Crippen LogP contribution in [0.15, 0.2) is 40.9 Å². The van der Waals surface area contributed by atoms with E-state index in [1.165, 1.54) is 0 Å². The summed E-state index contributed by atoms with van der Waals surface area (Å²) in [5.74, 6) is 0.899. The van der Waals surface area contributed by atoms with E-state index in [4.69, 9.17) is 15.2 Å². The quantitative estimate of drug-likeness (QED) is 0.829. The van der Waals surface area contributed by atoms with Crippen molar-refractivity contribution in [2.24, 2.45) is 0 Å². The van der Waals surface area contributed by atoms with E-state index < -0.39 is 0 Å². The number of carbonyl (C=O) groups excluding carboxylic acids is 1. The maximum absolute atomic E-state index is 12.2. The van der Waals surface area contributed by atoms with Gasteiger partial charge in [-0.05, 0) is 46.3 Å². The van der Waals surface area contributed by atoms with Crippen LogP contribution in [0.3, 0.4) is 0 Å². The van der Waals surface area contributed by atoms with Gasteiger partial charge in [-0.3, -0.25) is 4.79 Å². The maximum atomic E-state index is 12.2.